The van der Waals surface area contributed by atoms with Crippen LogP contribution in [0.5, 0.6) is 0 Å². The molecule has 3 rings (SSSR count). The summed E-state index contributed by atoms with van der Waals surface area (Å²) in [6.07, 6.45) is 5.86. The van der Waals surface area contributed by atoms with Gasteiger partial charge in [0.1, 0.15) is 5.82 Å². The predicted octanol–water partition coefficient (Wildman–Crippen LogP) is 0.871. The molecule has 0 bridgehead atoms. The lowest BCUT2D eigenvalue weighted by molar-refractivity contribution is 0.0951. The normalized spacial score (nSPS) is 11.9. The van der Waals surface area contributed by atoms with Crippen LogP contribution in [0.3, 0.4) is 0 Å². The number of rotatable bonds is 6. The molecule has 1 unspecified atom stereocenters. The number of nitrogens with two attached hydrogens (primary N) is 1. The second-order valence-electron chi connectivity index (χ2n) is 6.08. The first kappa shape index (κ1) is 17.6. The van der Waals surface area contributed by atoms with Crippen LogP contribution in [0.15, 0.2) is 65.8 Å². The second-order valence-corrected chi connectivity index (χ2v) is 6.08. The molecule has 0 aliphatic carbocycles. The molecule has 0 spiro atoms. The van der Waals surface area contributed by atoms with Crippen LogP contribution < -0.4 is 16.6 Å². The van der Waals surface area contributed by atoms with Gasteiger partial charge in [-0.3, -0.25) is 14.2 Å². The van der Waals surface area contributed by atoms with Gasteiger partial charge in [-0.15, -0.1) is 0 Å². The van der Waals surface area contributed by atoms with Crippen molar-refractivity contribution in [3.8, 4) is 5.69 Å². The Morgan fingerprint density at radius 1 is 1.19 bits per heavy atom. The highest BCUT2D eigenvalue weighted by atomic mass is 16.1. The van der Waals surface area contributed by atoms with E-state index < -0.39 is 0 Å². The minimum absolute atomic E-state index is 0.120. The van der Waals surface area contributed by atoms with E-state index in [0.29, 0.717) is 24.2 Å². The number of imidazole rings is 1. The molecule has 1 atom stereocenters. The number of nitrogens with one attached hydrogen (secondary N) is 1. The van der Waals surface area contributed by atoms with E-state index >= 15 is 0 Å². The van der Waals surface area contributed by atoms with Gasteiger partial charge >= 0.3 is 0 Å². The number of nitrogens with zero attached hydrogens (tertiary/aromatic N) is 3. The van der Waals surface area contributed by atoms with Crippen molar-refractivity contribution in [2.45, 2.75) is 12.5 Å². The van der Waals surface area contributed by atoms with Crippen LogP contribution in [0, 0.1) is 0 Å². The van der Waals surface area contributed by atoms with Gasteiger partial charge in [-0.05, 0) is 30.3 Å². The molecule has 0 aliphatic rings. The molecule has 2 aromatic heterocycles. The molecular weight excluding hydrogens is 330 g/mol. The first-order chi connectivity index (χ1) is 12.5. The molecule has 7 heteroatoms. The van der Waals surface area contributed by atoms with Crippen LogP contribution >= 0.6 is 0 Å². The summed E-state index contributed by atoms with van der Waals surface area (Å²) in [5.74, 6) is 0.677. The molecule has 1 amide bonds. The van der Waals surface area contributed by atoms with Gasteiger partial charge in [-0.1, -0.05) is 6.07 Å². The Balaban J connectivity index is 1.59. The van der Waals surface area contributed by atoms with Crippen molar-refractivity contribution in [1.29, 1.82) is 0 Å². The summed E-state index contributed by atoms with van der Waals surface area (Å²) in [6.45, 7) is 0.353. The van der Waals surface area contributed by atoms with E-state index in [1.165, 1.54) is 10.6 Å². The third-order valence-electron chi connectivity index (χ3n) is 4.12. The van der Waals surface area contributed by atoms with Crippen LogP contribution in [-0.2, 0) is 13.5 Å². The van der Waals surface area contributed by atoms with Gasteiger partial charge in [0, 0.05) is 62.0 Å². The topological polar surface area (TPSA) is 94.9 Å². The second kappa shape index (κ2) is 7.79. The highest BCUT2D eigenvalue weighted by Gasteiger charge is 2.11. The Bertz CT molecular complexity index is 943. The minimum Gasteiger partial charge on any atom is -0.350 e. The zero-order valence-electron chi connectivity index (χ0n) is 14.5. The summed E-state index contributed by atoms with van der Waals surface area (Å²) in [7, 11) is 1.91. The molecule has 0 aliphatic heterocycles. The number of amides is 1. The summed E-state index contributed by atoms with van der Waals surface area (Å²) in [5, 5.41) is 2.83. The van der Waals surface area contributed by atoms with Gasteiger partial charge in [-0.25, -0.2) is 4.98 Å². The number of hydrogen-bond acceptors (Lipinski definition) is 4. The third kappa shape index (κ3) is 4.07. The predicted molar refractivity (Wildman–Crippen MR) is 99.3 cm³/mol. The van der Waals surface area contributed by atoms with Crippen LogP contribution in [0.1, 0.15) is 16.2 Å². The largest absolute Gasteiger partial charge is 0.350 e. The fourth-order valence-electron chi connectivity index (χ4n) is 2.64. The molecule has 3 N–H and O–H groups in total. The molecule has 2 heterocycles. The van der Waals surface area contributed by atoms with Gasteiger partial charge in [0.25, 0.3) is 11.5 Å². The van der Waals surface area contributed by atoms with Crippen molar-refractivity contribution in [3.63, 3.8) is 0 Å². The Hall–Kier alpha value is -3.19. The van der Waals surface area contributed by atoms with E-state index in [-0.39, 0.29) is 17.5 Å². The zero-order chi connectivity index (χ0) is 18.5. The van der Waals surface area contributed by atoms with E-state index in [9.17, 15) is 9.59 Å². The Morgan fingerprint density at radius 2 is 1.96 bits per heavy atom. The highest BCUT2D eigenvalue weighted by Crippen LogP contribution is 2.08. The first-order valence-electron chi connectivity index (χ1n) is 8.32. The van der Waals surface area contributed by atoms with Crippen molar-refractivity contribution in [3.05, 3.63) is 82.8 Å². The standard InChI is InChI=1S/C19H21N5O2/c1-23-11-9-21-17(23)12-15(20)13-22-19(26)14-5-7-16(8-6-14)24-10-3-2-4-18(24)25/h2-11,15H,12-13,20H2,1H3,(H,22,26). The average Bonchev–Trinajstić information content (AvgIpc) is 3.05. The molecule has 1 aromatic carbocycles. The quantitative estimate of drug-likeness (QED) is 0.689. The molecule has 0 saturated carbocycles. The van der Waals surface area contributed by atoms with Crippen LogP contribution in [-0.4, -0.2) is 32.6 Å². The summed E-state index contributed by atoms with van der Waals surface area (Å²) < 4.78 is 3.43. The summed E-state index contributed by atoms with van der Waals surface area (Å²) in [6, 6.07) is 11.6. The number of aryl methyl sites for hydroxylation is 1. The lowest BCUT2D eigenvalue weighted by Gasteiger charge is -2.13. The number of carbonyl (C=O) groups excluding carboxylic acids is 1. The van der Waals surface area contributed by atoms with Crippen molar-refractivity contribution in [2.75, 3.05) is 6.54 Å². The number of carbonyl (C=O) groups is 1. The van der Waals surface area contributed by atoms with Gasteiger partial charge in [0.05, 0.1) is 0 Å². The van der Waals surface area contributed by atoms with Gasteiger partial charge in [0.2, 0.25) is 0 Å². The average molecular weight is 351 g/mol. The fourth-order valence-corrected chi connectivity index (χ4v) is 2.64. The molecule has 26 heavy (non-hydrogen) atoms. The highest BCUT2D eigenvalue weighted by molar-refractivity contribution is 5.94. The minimum atomic E-state index is -0.220. The third-order valence-corrected chi connectivity index (χ3v) is 4.12. The number of aromatic nitrogens is 3. The maximum Gasteiger partial charge on any atom is 0.255 e. The van der Waals surface area contributed by atoms with E-state index in [0.717, 1.165) is 5.82 Å². The first-order valence-corrected chi connectivity index (χ1v) is 8.32. The van der Waals surface area contributed by atoms with Gasteiger partial charge < -0.3 is 15.6 Å². The van der Waals surface area contributed by atoms with Crippen molar-refractivity contribution in [1.82, 2.24) is 19.4 Å². The monoisotopic (exact) mass is 351 g/mol. The van der Waals surface area contributed by atoms with Crippen molar-refractivity contribution < 1.29 is 4.79 Å². The lowest BCUT2D eigenvalue weighted by atomic mass is 10.1. The Morgan fingerprint density at radius 3 is 2.62 bits per heavy atom. The number of pyridine rings is 1. The van der Waals surface area contributed by atoms with Gasteiger partial charge in [-0.2, -0.15) is 0 Å². The van der Waals surface area contributed by atoms with Crippen molar-refractivity contribution in [2.24, 2.45) is 12.8 Å². The Labute approximate surface area is 151 Å². The zero-order valence-corrected chi connectivity index (χ0v) is 14.5. The summed E-state index contributed by atoms with van der Waals surface area (Å²) >= 11 is 0. The van der Waals surface area contributed by atoms with Crippen LogP contribution in [0.25, 0.3) is 5.69 Å². The number of benzene rings is 1. The molecule has 0 saturated heterocycles. The van der Waals surface area contributed by atoms with Gasteiger partial charge in [0.15, 0.2) is 0 Å². The SMILES string of the molecule is Cn1ccnc1CC(N)CNC(=O)c1ccc(-n2ccccc2=O)cc1. The maximum absolute atomic E-state index is 12.3. The molecule has 134 valence electrons. The Kier molecular flexibility index (Phi) is 5.28. The van der Waals surface area contributed by atoms with Crippen LogP contribution in [0.4, 0.5) is 0 Å². The molecule has 0 radical (unpaired) electrons. The lowest BCUT2D eigenvalue weighted by Crippen LogP contribution is -2.39. The van der Waals surface area contributed by atoms with Crippen molar-refractivity contribution >= 4 is 5.91 Å². The van der Waals surface area contributed by atoms with Crippen LogP contribution in [0.2, 0.25) is 0 Å². The van der Waals surface area contributed by atoms with E-state index in [4.69, 9.17) is 5.73 Å². The molecular formula is C19H21N5O2. The van der Waals surface area contributed by atoms with E-state index in [2.05, 4.69) is 10.3 Å². The number of hydrogen-bond donors (Lipinski definition) is 2. The molecule has 3 aromatic rings. The summed E-state index contributed by atoms with van der Waals surface area (Å²) in [4.78, 5) is 28.3. The van der Waals surface area contributed by atoms with E-state index in [1.54, 1.807) is 48.8 Å². The molecule has 0 fully saturated rings. The fraction of sp³-hybridized carbons (Fsp3) is 0.211. The smallest absolute Gasteiger partial charge is 0.255 e. The summed E-state index contributed by atoms with van der Waals surface area (Å²) in [5.41, 5.74) is 7.17. The van der Waals surface area contributed by atoms with E-state index in [1.807, 2.05) is 17.8 Å². The maximum atomic E-state index is 12.3. The molecule has 7 nitrogen and oxygen atoms in total.